The number of hydrogen-bond acceptors (Lipinski definition) is 3. The minimum Gasteiger partial charge on any atom is -0.366 e. The van der Waals surface area contributed by atoms with Crippen molar-refractivity contribution < 1.29 is 4.39 Å². The predicted molar refractivity (Wildman–Crippen MR) is 53.7 cm³/mol. The zero-order valence-electron chi connectivity index (χ0n) is 7.96. The monoisotopic (exact) mass is 195 g/mol. The maximum atomic E-state index is 12.8. The molecule has 2 heterocycles. The lowest BCUT2D eigenvalue weighted by Gasteiger charge is -2.24. The van der Waals surface area contributed by atoms with Crippen LogP contribution >= 0.6 is 0 Å². The topological polar surface area (TPSA) is 37.0 Å². The second-order valence-corrected chi connectivity index (χ2v) is 3.53. The Morgan fingerprint density at radius 2 is 2.43 bits per heavy atom. The van der Waals surface area contributed by atoms with Crippen LogP contribution in [0, 0.1) is 5.95 Å². The molecular formula is C10H14FN3. The predicted octanol–water partition coefficient (Wildman–Crippen LogP) is 1.38. The van der Waals surface area contributed by atoms with Gasteiger partial charge in [-0.25, -0.2) is 4.98 Å². The molecule has 4 heteroatoms. The Morgan fingerprint density at radius 3 is 3.14 bits per heavy atom. The van der Waals surface area contributed by atoms with Crippen LogP contribution in [0.25, 0.3) is 0 Å². The molecule has 1 saturated heterocycles. The number of rotatable bonds is 2. The first kappa shape index (κ1) is 9.40. The van der Waals surface area contributed by atoms with E-state index < -0.39 is 5.95 Å². The van der Waals surface area contributed by atoms with Gasteiger partial charge in [0.15, 0.2) is 0 Å². The van der Waals surface area contributed by atoms with Gasteiger partial charge < -0.3 is 10.6 Å². The molecule has 1 unspecified atom stereocenters. The number of pyridine rings is 1. The SMILES string of the molecule is Fc1cccc(NC2CCCNC2)n1. The molecule has 3 nitrogen and oxygen atoms in total. The molecule has 0 aromatic carbocycles. The van der Waals surface area contributed by atoms with Crippen molar-refractivity contribution in [1.29, 1.82) is 0 Å². The Morgan fingerprint density at radius 1 is 1.50 bits per heavy atom. The number of nitrogens with one attached hydrogen (secondary N) is 2. The Labute approximate surface area is 82.7 Å². The van der Waals surface area contributed by atoms with Gasteiger partial charge in [0.25, 0.3) is 0 Å². The molecule has 1 fully saturated rings. The maximum Gasteiger partial charge on any atom is 0.214 e. The van der Waals surface area contributed by atoms with Crippen molar-refractivity contribution in [2.45, 2.75) is 18.9 Å². The van der Waals surface area contributed by atoms with Crippen molar-refractivity contribution in [3.05, 3.63) is 24.1 Å². The van der Waals surface area contributed by atoms with E-state index in [0.717, 1.165) is 25.9 Å². The fourth-order valence-electron chi connectivity index (χ4n) is 1.67. The molecule has 1 aliphatic heterocycles. The number of aromatic nitrogens is 1. The molecule has 0 saturated carbocycles. The van der Waals surface area contributed by atoms with Gasteiger partial charge in [0.1, 0.15) is 5.82 Å². The fraction of sp³-hybridized carbons (Fsp3) is 0.500. The highest BCUT2D eigenvalue weighted by Crippen LogP contribution is 2.10. The fourth-order valence-corrected chi connectivity index (χ4v) is 1.67. The van der Waals surface area contributed by atoms with Crippen LogP contribution in [-0.2, 0) is 0 Å². The lowest BCUT2D eigenvalue weighted by molar-refractivity contribution is 0.478. The van der Waals surface area contributed by atoms with Gasteiger partial charge in [-0.3, -0.25) is 0 Å². The molecule has 1 atom stereocenters. The van der Waals surface area contributed by atoms with Crippen LogP contribution in [0.5, 0.6) is 0 Å². The van der Waals surface area contributed by atoms with Gasteiger partial charge in [0.05, 0.1) is 0 Å². The van der Waals surface area contributed by atoms with Crippen molar-refractivity contribution in [3.8, 4) is 0 Å². The molecule has 1 aromatic heterocycles. The number of piperidine rings is 1. The summed E-state index contributed by atoms with van der Waals surface area (Å²) in [5.74, 6) is 0.192. The van der Waals surface area contributed by atoms with Crippen LogP contribution in [0.2, 0.25) is 0 Å². The summed E-state index contributed by atoms with van der Waals surface area (Å²) in [7, 11) is 0. The van der Waals surface area contributed by atoms with Gasteiger partial charge in [-0.1, -0.05) is 6.07 Å². The second kappa shape index (κ2) is 4.37. The summed E-state index contributed by atoms with van der Waals surface area (Å²) in [5.41, 5.74) is 0. The van der Waals surface area contributed by atoms with Gasteiger partial charge in [0.2, 0.25) is 5.95 Å². The van der Waals surface area contributed by atoms with Gasteiger partial charge in [-0.15, -0.1) is 0 Å². The molecule has 0 amide bonds. The average Bonchev–Trinajstić information content (AvgIpc) is 2.19. The zero-order chi connectivity index (χ0) is 9.80. The van der Waals surface area contributed by atoms with E-state index in [4.69, 9.17) is 0 Å². The van der Waals surface area contributed by atoms with E-state index in [2.05, 4.69) is 15.6 Å². The molecular weight excluding hydrogens is 181 g/mol. The first-order chi connectivity index (χ1) is 6.84. The second-order valence-electron chi connectivity index (χ2n) is 3.53. The molecule has 76 valence electrons. The Kier molecular flexibility index (Phi) is 2.93. The van der Waals surface area contributed by atoms with Gasteiger partial charge in [-0.05, 0) is 31.5 Å². The summed E-state index contributed by atoms with van der Waals surface area (Å²) >= 11 is 0. The van der Waals surface area contributed by atoms with Crippen LogP contribution in [0.4, 0.5) is 10.2 Å². The highest BCUT2D eigenvalue weighted by atomic mass is 19.1. The summed E-state index contributed by atoms with van der Waals surface area (Å²) in [6.45, 7) is 2.01. The minimum absolute atomic E-state index is 0.373. The summed E-state index contributed by atoms with van der Waals surface area (Å²) in [6, 6.07) is 5.18. The number of nitrogens with zero attached hydrogens (tertiary/aromatic N) is 1. The number of hydrogen-bond donors (Lipinski definition) is 2. The molecule has 0 spiro atoms. The normalized spacial score (nSPS) is 21.9. The van der Waals surface area contributed by atoms with E-state index in [1.165, 1.54) is 6.07 Å². The Hall–Kier alpha value is -1.16. The highest BCUT2D eigenvalue weighted by molar-refractivity contribution is 5.35. The highest BCUT2D eigenvalue weighted by Gasteiger charge is 2.12. The smallest absolute Gasteiger partial charge is 0.214 e. The summed E-state index contributed by atoms with van der Waals surface area (Å²) in [6.07, 6.45) is 2.28. The van der Waals surface area contributed by atoms with Crippen molar-refractivity contribution in [1.82, 2.24) is 10.3 Å². The van der Waals surface area contributed by atoms with E-state index in [1.54, 1.807) is 12.1 Å². The van der Waals surface area contributed by atoms with Crippen molar-refractivity contribution >= 4 is 5.82 Å². The zero-order valence-corrected chi connectivity index (χ0v) is 7.96. The summed E-state index contributed by atoms with van der Waals surface area (Å²) < 4.78 is 12.8. The number of anilines is 1. The lowest BCUT2D eigenvalue weighted by Crippen LogP contribution is -2.38. The van der Waals surface area contributed by atoms with E-state index in [0.29, 0.717) is 11.9 Å². The third-order valence-corrected chi connectivity index (χ3v) is 2.36. The van der Waals surface area contributed by atoms with E-state index >= 15 is 0 Å². The molecule has 1 aliphatic rings. The standard InChI is InChI=1S/C10H14FN3/c11-9-4-1-5-10(14-9)13-8-3-2-6-12-7-8/h1,4-5,8,12H,2-3,6-7H2,(H,13,14). The Balaban J connectivity index is 1.95. The van der Waals surface area contributed by atoms with Crippen LogP contribution in [-0.4, -0.2) is 24.1 Å². The molecule has 14 heavy (non-hydrogen) atoms. The average molecular weight is 195 g/mol. The minimum atomic E-state index is -0.432. The van der Waals surface area contributed by atoms with E-state index in [-0.39, 0.29) is 0 Å². The molecule has 0 radical (unpaired) electrons. The third kappa shape index (κ3) is 2.42. The first-order valence-corrected chi connectivity index (χ1v) is 4.94. The van der Waals surface area contributed by atoms with Crippen LogP contribution < -0.4 is 10.6 Å². The molecule has 1 aromatic rings. The van der Waals surface area contributed by atoms with Crippen LogP contribution in [0.3, 0.4) is 0 Å². The largest absolute Gasteiger partial charge is 0.366 e. The van der Waals surface area contributed by atoms with Gasteiger partial charge in [0, 0.05) is 12.6 Å². The third-order valence-electron chi connectivity index (χ3n) is 2.36. The quantitative estimate of drug-likeness (QED) is 0.700. The van der Waals surface area contributed by atoms with Crippen molar-refractivity contribution in [2.24, 2.45) is 0 Å². The molecule has 0 bridgehead atoms. The van der Waals surface area contributed by atoms with Gasteiger partial charge in [-0.2, -0.15) is 4.39 Å². The van der Waals surface area contributed by atoms with Crippen molar-refractivity contribution in [3.63, 3.8) is 0 Å². The van der Waals surface area contributed by atoms with Crippen molar-refractivity contribution in [2.75, 3.05) is 18.4 Å². The van der Waals surface area contributed by atoms with E-state index in [9.17, 15) is 4.39 Å². The Bertz CT molecular complexity index is 297. The molecule has 0 aliphatic carbocycles. The van der Waals surface area contributed by atoms with Crippen LogP contribution in [0.15, 0.2) is 18.2 Å². The lowest BCUT2D eigenvalue weighted by atomic mass is 10.1. The van der Waals surface area contributed by atoms with Crippen LogP contribution in [0.1, 0.15) is 12.8 Å². The van der Waals surface area contributed by atoms with Gasteiger partial charge >= 0.3 is 0 Å². The first-order valence-electron chi connectivity index (χ1n) is 4.94. The van der Waals surface area contributed by atoms with E-state index in [1.807, 2.05) is 0 Å². The molecule has 2 N–H and O–H groups in total. The summed E-state index contributed by atoms with van der Waals surface area (Å²) in [5, 5.41) is 6.49. The maximum absolute atomic E-state index is 12.8. The number of halogens is 1. The summed E-state index contributed by atoms with van der Waals surface area (Å²) in [4.78, 5) is 3.76. The molecule has 2 rings (SSSR count).